The fourth-order valence-corrected chi connectivity index (χ4v) is 2.52. The predicted octanol–water partition coefficient (Wildman–Crippen LogP) is 2.91. The number of benzene rings is 1. The molecule has 0 atom stereocenters. The van der Waals surface area contributed by atoms with Crippen LogP contribution in [0, 0.1) is 0 Å². The molecule has 1 aromatic heterocycles. The highest BCUT2D eigenvalue weighted by molar-refractivity contribution is 5.93. The summed E-state index contributed by atoms with van der Waals surface area (Å²) in [6.45, 7) is 3.95. The molecule has 0 saturated heterocycles. The van der Waals surface area contributed by atoms with E-state index in [4.69, 9.17) is 4.74 Å². The van der Waals surface area contributed by atoms with Crippen LogP contribution in [0.25, 0.3) is 5.69 Å². The van der Waals surface area contributed by atoms with E-state index in [0.29, 0.717) is 31.4 Å². The summed E-state index contributed by atoms with van der Waals surface area (Å²) < 4.78 is 7.04. The van der Waals surface area contributed by atoms with E-state index in [9.17, 15) is 4.79 Å². The molecule has 2 aromatic rings. The number of nitrogens with one attached hydrogen (secondary N) is 1. The third kappa shape index (κ3) is 3.99. The number of nitrogens with zero attached hydrogens (tertiary/aromatic N) is 2. The summed E-state index contributed by atoms with van der Waals surface area (Å²) in [4.78, 5) is 12.5. The van der Waals surface area contributed by atoms with Crippen LogP contribution in [0.3, 0.4) is 0 Å². The van der Waals surface area contributed by atoms with Gasteiger partial charge in [-0.2, -0.15) is 5.10 Å². The van der Waals surface area contributed by atoms with Crippen LogP contribution in [0.15, 0.2) is 36.4 Å². The number of para-hydroxylation sites is 1. The summed E-state index contributed by atoms with van der Waals surface area (Å²) >= 11 is 0. The van der Waals surface area contributed by atoms with E-state index in [0.717, 1.165) is 17.8 Å². The number of rotatable bonds is 8. The fourth-order valence-electron chi connectivity index (χ4n) is 2.52. The fraction of sp³-hybridized carbons (Fsp3) is 0.444. The number of carbonyl (C=O) groups excluding carboxylic acids is 1. The maximum atomic E-state index is 12.5. The van der Waals surface area contributed by atoms with Gasteiger partial charge in [-0.1, -0.05) is 18.2 Å². The maximum Gasteiger partial charge on any atom is 0.270 e. The van der Waals surface area contributed by atoms with Gasteiger partial charge in [0.25, 0.3) is 5.91 Å². The Morgan fingerprint density at radius 3 is 2.83 bits per heavy atom. The highest BCUT2D eigenvalue weighted by Crippen LogP contribution is 2.39. The summed E-state index contributed by atoms with van der Waals surface area (Å²) in [6, 6.07) is 11.7. The van der Waals surface area contributed by atoms with Gasteiger partial charge in [0.1, 0.15) is 5.69 Å². The molecule has 0 bridgehead atoms. The van der Waals surface area contributed by atoms with Crippen molar-refractivity contribution in [3.63, 3.8) is 0 Å². The van der Waals surface area contributed by atoms with Crippen molar-refractivity contribution in [2.45, 2.75) is 32.1 Å². The van der Waals surface area contributed by atoms with Crippen LogP contribution < -0.4 is 5.32 Å². The first-order chi connectivity index (χ1) is 11.3. The van der Waals surface area contributed by atoms with E-state index < -0.39 is 0 Å². The summed E-state index contributed by atoms with van der Waals surface area (Å²) in [5.41, 5.74) is 2.54. The largest absolute Gasteiger partial charge is 0.382 e. The lowest BCUT2D eigenvalue weighted by molar-refractivity contribution is 0.0936. The molecule has 1 aromatic carbocycles. The highest BCUT2D eigenvalue weighted by atomic mass is 16.5. The summed E-state index contributed by atoms with van der Waals surface area (Å²) in [7, 11) is 0. The lowest BCUT2D eigenvalue weighted by atomic mass is 10.2. The molecule has 0 radical (unpaired) electrons. The lowest BCUT2D eigenvalue weighted by Gasteiger charge is -2.08. The SMILES string of the molecule is CCOCCCNC(=O)c1cc(C2CC2)nn1-c1ccccc1. The zero-order valence-electron chi connectivity index (χ0n) is 13.5. The Morgan fingerprint density at radius 1 is 1.35 bits per heavy atom. The molecule has 1 saturated carbocycles. The van der Waals surface area contributed by atoms with Crippen LogP contribution in [0.1, 0.15) is 48.3 Å². The molecule has 0 unspecified atom stereocenters. The van der Waals surface area contributed by atoms with Crippen LogP contribution in [-0.2, 0) is 4.74 Å². The smallest absolute Gasteiger partial charge is 0.270 e. The van der Waals surface area contributed by atoms with Crippen molar-refractivity contribution >= 4 is 5.91 Å². The Bertz CT molecular complexity index is 648. The molecule has 5 heteroatoms. The van der Waals surface area contributed by atoms with Crippen molar-refractivity contribution in [2.75, 3.05) is 19.8 Å². The molecule has 1 N–H and O–H groups in total. The number of amides is 1. The van der Waals surface area contributed by atoms with Crippen molar-refractivity contribution in [2.24, 2.45) is 0 Å². The van der Waals surface area contributed by atoms with E-state index in [-0.39, 0.29) is 5.91 Å². The van der Waals surface area contributed by atoms with Gasteiger partial charge >= 0.3 is 0 Å². The van der Waals surface area contributed by atoms with Crippen molar-refractivity contribution < 1.29 is 9.53 Å². The Morgan fingerprint density at radius 2 is 2.13 bits per heavy atom. The summed E-state index contributed by atoms with van der Waals surface area (Å²) in [6.07, 6.45) is 3.15. The Labute approximate surface area is 136 Å². The Balaban J connectivity index is 1.73. The maximum absolute atomic E-state index is 12.5. The van der Waals surface area contributed by atoms with Gasteiger partial charge in [0, 0.05) is 25.7 Å². The Hall–Kier alpha value is -2.14. The molecular weight excluding hydrogens is 290 g/mol. The Kier molecular flexibility index (Phi) is 5.08. The molecule has 1 heterocycles. The molecule has 0 spiro atoms. The standard InChI is InChI=1S/C18H23N3O2/c1-2-23-12-6-11-19-18(22)17-13-16(14-9-10-14)20-21(17)15-7-4-3-5-8-15/h3-5,7-8,13-14H,2,6,9-12H2,1H3,(H,19,22). The molecule has 122 valence electrons. The molecule has 1 aliphatic carbocycles. The highest BCUT2D eigenvalue weighted by Gasteiger charge is 2.28. The molecule has 1 amide bonds. The average Bonchev–Trinajstić information content (AvgIpc) is 3.34. The van der Waals surface area contributed by atoms with Crippen molar-refractivity contribution in [3.8, 4) is 5.69 Å². The molecule has 23 heavy (non-hydrogen) atoms. The van der Waals surface area contributed by atoms with Crippen LogP contribution in [0.2, 0.25) is 0 Å². The normalized spacial score (nSPS) is 14.0. The van der Waals surface area contributed by atoms with Gasteiger partial charge in [-0.15, -0.1) is 0 Å². The number of carbonyl (C=O) groups is 1. The number of aromatic nitrogens is 2. The molecule has 3 rings (SSSR count). The third-order valence-electron chi connectivity index (χ3n) is 3.91. The van der Waals surface area contributed by atoms with Crippen LogP contribution >= 0.6 is 0 Å². The molecule has 0 aliphatic heterocycles. The van der Waals surface area contributed by atoms with Crippen LogP contribution in [0.4, 0.5) is 0 Å². The molecule has 1 fully saturated rings. The van der Waals surface area contributed by atoms with E-state index in [2.05, 4.69) is 10.4 Å². The van der Waals surface area contributed by atoms with Gasteiger partial charge in [-0.05, 0) is 44.4 Å². The number of hydrogen-bond acceptors (Lipinski definition) is 3. The van der Waals surface area contributed by atoms with Gasteiger partial charge in [-0.25, -0.2) is 4.68 Å². The van der Waals surface area contributed by atoms with Crippen molar-refractivity contribution in [1.29, 1.82) is 0 Å². The first-order valence-electron chi connectivity index (χ1n) is 8.31. The predicted molar refractivity (Wildman–Crippen MR) is 89.0 cm³/mol. The molecule has 1 aliphatic rings. The average molecular weight is 313 g/mol. The minimum atomic E-state index is -0.0789. The van der Waals surface area contributed by atoms with Gasteiger partial charge in [0.05, 0.1) is 11.4 Å². The molecular formula is C18H23N3O2. The van der Waals surface area contributed by atoms with Crippen molar-refractivity contribution in [3.05, 3.63) is 47.8 Å². The van der Waals surface area contributed by atoms with E-state index in [1.807, 2.05) is 43.3 Å². The zero-order chi connectivity index (χ0) is 16.1. The first kappa shape index (κ1) is 15.7. The van der Waals surface area contributed by atoms with Crippen LogP contribution in [-0.4, -0.2) is 35.4 Å². The summed E-state index contributed by atoms with van der Waals surface area (Å²) in [5.74, 6) is 0.439. The van der Waals surface area contributed by atoms with E-state index in [1.165, 1.54) is 12.8 Å². The summed E-state index contributed by atoms with van der Waals surface area (Å²) in [5, 5.41) is 7.61. The van der Waals surface area contributed by atoms with Gasteiger partial charge in [0.15, 0.2) is 0 Å². The van der Waals surface area contributed by atoms with Gasteiger partial charge in [-0.3, -0.25) is 4.79 Å². The van der Waals surface area contributed by atoms with Crippen molar-refractivity contribution in [1.82, 2.24) is 15.1 Å². The second-order valence-corrected chi connectivity index (χ2v) is 5.78. The van der Waals surface area contributed by atoms with Gasteiger partial charge < -0.3 is 10.1 Å². The van der Waals surface area contributed by atoms with Crippen LogP contribution in [0.5, 0.6) is 0 Å². The second kappa shape index (κ2) is 7.42. The second-order valence-electron chi connectivity index (χ2n) is 5.78. The first-order valence-corrected chi connectivity index (χ1v) is 8.31. The number of hydrogen-bond donors (Lipinski definition) is 1. The minimum Gasteiger partial charge on any atom is -0.382 e. The quantitative estimate of drug-likeness (QED) is 0.762. The number of ether oxygens (including phenoxy) is 1. The van der Waals surface area contributed by atoms with Gasteiger partial charge in [0.2, 0.25) is 0 Å². The van der Waals surface area contributed by atoms with E-state index in [1.54, 1.807) is 4.68 Å². The topological polar surface area (TPSA) is 56.1 Å². The third-order valence-corrected chi connectivity index (χ3v) is 3.91. The van der Waals surface area contributed by atoms with E-state index >= 15 is 0 Å². The monoisotopic (exact) mass is 313 g/mol. The minimum absolute atomic E-state index is 0.0789. The molecule has 5 nitrogen and oxygen atoms in total. The lowest BCUT2D eigenvalue weighted by Crippen LogP contribution is -2.27. The zero-order valence-corrected chi connectivity index (χ0v) is 13.5.